The minimum absolute atomic E-state index is 0.0289. The van der Waals surface area contributed by atoms with Crippen LogP contribution in [0, 0.1) is 19.7 Å². The average Bonchev–Trinajstić information content (AvgIpc) is 2.86. The van der Waals surface area contributed by atoms with Gasteiger partial charge in [-0.2, -0.15) is 0 Å². The number of hydrogen-bond donors (Lipinski definition) is 2. The molecule has 146 valence electrons. The maximum absolute atomic E-state index is 13.1. The minimum Gasteiger partial charge on any atom is -0.324 e. The molecule has 0 unspecified atom stereocenters. The average molecular weight is 401 g/mol. The van der Waals surface area contributed by atoms with Gasteiger partial charge in [0.1, 0.15) is 23.1 Å². The van der Waals surface area contributed by atoms with Crippen LogP contribution in [0.25, 0.3) is 4.91 Å². The number of nitrogens with zero attached hydrogens (tertiary/aromatic N) is 1. The van der Waals surface area contributed by atoms with Gasteiger partial charge in [0.05, 0.1) is 0 Å². The largest absolute Gasteiger partial charge is 0.324 e. The molecule has 28 heavy (non-hydrogen) atoms. The maximum Gasteiger partial charge on any atom is 0.264 e. The number of carbonyl (C=O) groups is 1. The summed E-state index contributed by atoms with van der Waals surface area (Å²) in [7, 11) is -3.83. The quantitative estimate of drug-likeness (QED) is 0.825. The van der Waals surface area contributed by atoms with E-state index in [0.717, 1.165) is 11.1 Å². The fourth-order valence-electron chi connectivity index (χ4n) is 2.90. The lowest BCUT2D eigenvalue weighted by Gasteiger charge is -2.08. The van der Waals surface area contributed by atoms with Gasteiger partial charge in [-0.25, -0.2) is 12.8 Å². The minimum atomic E-state index is -3.83. The second kappa shape index (κ2) is 7.55. The molecule has 0 spiro atoms. The third-order valence-electron chi connectivity index (χ3n) is 4.35. The Morgan fingerprint density at radius 3 is 2.46 bits per heavy atom. The van der Waals surface area contributed by atoms with E-state index in [4.69, 9.17) is 0 Å². The Morgan fingerprint density at radius 2 is 1.79 bits per heavy atom. The van der Waals surface area contributed by atoms with E-state index in [0.29, 0.717) is 16.8 Å². The molecule has 2 aromatic carbocycles. The van der Waals surface area contributed by atoms with Crippen LogP contribution in [0.1, 0.15) is 23.6 Å². The molecule has 3 rings (SSSR count). The first-order valence-corrected chi connectivity index (χ1v) is 10.1. The number of aryl methyl sites for hydroxylation is 2. The van der Waals surface area contributed by atoms with Gasteiger partial charge in [-0.3, -0.25) is 14.5 Å². The number of nitrogens with one attached hydrogen (secondary N) is 2. The summed E-state index contributed by atoms with van der Waals surface area (Å²) in [5.41, 5.74) is 3.36. The number of aliphatic imine (C=N–C) groups is 1. The van der Waals surface area contributed by atoms with Gasteiger partial charge in [0.2, 0.25) is 5.91 Å². The fraction of sp³-hybridized carbons (Fsp3) is 0.200. The van der Waals surface area contributed by atoms with Crippen LogP contribution in [0.5, 0.6) is 0 Å². The second-order valence-electron chi connectivity index (χ2n) is 6.60. The van der Waals surface area contributed by atoms with E-state index in [2.05, 4.69) is 15.0 Å². The van der Waals surface area contributed by atoms with Gasteiger partial charge < -0.3 is 5.32 Å². The Morgan fingerprint density at radius 1 is 1.11 bits per heavy atom. The molecule has 0 atom stereocenters. The van der Waals surface area contributed by atoms with Crippen molar-refractivity contribution in [1.29, 1.82) is 0 Å². The zero-order chi connectivity index (χ0) is 20.5. The molecule has 8 heteroatoms. The fourth-order valence-corrected chi connectivity index (χ4v) is 4.42. The van der Waals surface area contributed by atoms with Crippen LogP contribution in [-0.2, 0) is 14.8 Å². The van der Waals surface area contributed by atoms with Crippen molar-refractivity contribution in [3.8, 4) is 0 Å². The highest BCUT2D eigenvalue weighted by molar-refractivity contribution is 8.00. The first kappa shape index (κ1) is 19.8. The number of amidine groups is 1. The molecule has 2 aromatic rings. The number of rotatable bonds is 4. The van der Waals surface area contributed by atoms with Gasteiger partial charge in [0.15, 0.2) is 0 Å². The van der Waals surface area contributed by atoms with E-state index in [1.807, 2.05) is 32.0 Å². The Kier molecular flexibility index (Phi) is 5.33. The van der Waals surface area contributed by atoms with E-state index < -0.39 is 15.8 Å². The summed E-state index contributed by atoms with van der Waals surface area (Å²) in [5, 5.41) is 2.78. The van der Waals surface area contributed by atoms with Crippen molar-refractivity contribution in [3.05, 3.63) is 70.5 Å². The van der Waals surface area contributed by atoms with Gasteiger partial charge in [0, 0.05) is 11.3 Å². The number of halogens is 1. The molecule has 1 aliphatic rings. The van der Waals surface area contributed by atoms with Crippen molar-refractivity contribution in [1.82, 2.24) is 4.72 Å². The van der Waals surface area contributed by atoms with Gasteiger partial charge in [-0.05, 0) is 55.7 Å². The molecule has 0 saturated carbocycles. The van der Waals surface area contributed by atoms with Crippen molar-refractivity contribution in [3.63, 3.8) is 0 Å². The van der Waals surface area contributed by atoms with E-state index in [-0.39, 0.29) is 23.2 Å². The maximum atomic E-state index is 13.1. The van der Waals surface area contributed by atoms with Crippen molar-refractivity contribution < 1.29 is 17.6 Å². The molecule has 0 radical (unpaired) electrons. The van der Waals surface area contributed by atoms with Crippen molar-refractivity contribution >= 4 is 32.4 Å². The Hall–Kier alpha value is -3.00. The van der Waals surface area contributed by atoms with Gasteiger partial charge in [-0.15, -0.1) is 0 Å². The first-order valence-electron chi connectivity index (χ1n) is 8.59. The first-order chi connectivity index (χ1) is 13.2. The van der Waals surface area contributed by atoms with Crippen LogP contribution in [0.4, 0.5) is 10.1 Å². The van der Waals surface area contributed by atoms with Crippen LogP contribution >= 0.6 is 0 Å². The number of hydrogen-bond acceptors (Lipinski definition) is 4. The summed E-state index contributed by atoms with van der Waals surface area (Å²) >= 11 is 0. The van der Waals surface area contributed by atoms with Crippen LogP contribution in [-0.4, -0.2) is 26.7 Å². The molecule has 2 N–H and O–H groups in total. The molecular formula is C20H20FN3O3S. The molecule has 0 bridgehead atoms. The number of benzene rings is 2. The van der Waals surface area contributed by atoms with Crippen LogP contribution < -0.4 is 10.0 Å². The monoisotopic (exact) mass is 401 g/mol. The number of anilines is 1. The second-order valence-corrected chi connectivity index (χ2v) is 8.22. The highest BCUT2D eigenvalue weighted by Crippen LogP contribution is 2.29. The summed E-state index contributed by atoms with van der Waals surface area (Å²) < 4.78 is 40.4. The highest BCUT2D eigenvalue weighted by atomic mass is 32.2. The molecule has 0 aromatic heterocycles. The molecule has 0 fully saturated rings. The normalized spacial score (nSPS) is 16.9. The molecular weight excluding hydrogens is 381 g/mol. The van der Waals surface area contributed by atoms with Crippen molar-refractivity contribution in [2.45, 2.75) is 20.8 Å². The van der Waals surface area contributed by atoms with E-state index in [9.17, 15) is 17.6 Å². The SMILES string of the molecule is CC1=C(c2ccc(F)cc2)S(=O)(=O)NC1=NCC(=O)Nc1cc(C)ccc1C. The molecule has 6 nitrogen and oxygen atoms in total. The van der Waals surface area contributed by atoms with Crippen LogP contribution in [0.3, 0.4) is 0 Å². The van der Waals surface area contributed by atoms with Crippen molar-refractivity contribution in [2.24, 2.45) is 4.99 Å². The van der Waals surface area contributed by atoms with E-state index >= 15 is 0 Å². The van der Waals surface area contributed by atoms with E-state index in [1.165, 1.54) is 24.3 Å². The van der Waals surface area contributed by atoms with Crippen molar-refractivity contribution in [2.75, 3.05) is 11.9 Å². The Bertz CT molecular complexity index is 1100. The molecule has 0 aliphatic carbocycles. The standard InChI is InChI=1S/C20H20FN3O3S/c1-12-4-5-13(2)17(10-12)23-18(25)11-22-20-14(3)19(28(26,27)24-20)15-6-8-16(21)9-7-15/h4-10H,11H2,1-3H3,(H,22,24)(H,23,25). The van der Waals surface area contributed by atoms with E-state index in [1.54, 1.807) is 6.92 Å². The summed E-state index contributed by atoms with van der Waals surface area (Å²) in [4.78, 5) is 16.4. The predicted octanol–water partition coefficient (Wildman–Crippen LogP) is 3.14. The lowest BCUT2D eigenvalue weighted by Crippen LogP contribution is -2.25. The summed E-state index contributed by atoms with van der Waals surface area (Å²) in [5.74, 6) is -0.707. The zero-order valence-electron chi connectivity index (χ0n) is 15.7. The Balaban J connectivity index is 1.81. The number of sulfonamides is 1. The summed E-state index contributed by atoms with van der Waals surface area (Å²) in [6.07, 6.45) is 0. The van der Waals surface area contributed by atoms with Gasteiger partial charge in [0.25, 0.3) is 10.0 Å². The molecule has 1 heterocycles. The zero-order valence-corrected chi connectivity index (χ0v) is 16.5. The highest BCUT2D eigenvalue weighted by Gasteiger charge is 2.32. The van der Waals surface area contributed by atoms with Gasteiger partial charge >= 0.3 is 0 Å². The Labute approximate surface area is 163 Å². The third-order valence-corrected chi connectivity index (χ3v) is 5.89. The predicted molar refractivity (Wildman–Crippen MR) is 108 cm³/mol. The van der Waals surface area contributed by atoms with Crippen LogP contribution in [0.2, 0.25) is 0 Å². The van der Waals surface area contributed by atoms with Gasteiger partial charge in [-0.1, -0.05) is 24.3 Å². The summed E-state index contributed by atoms with van der Waals surface area (Å²) in [6, 6.07) is 10.9. The lowest BCUT2D eigenvalue weighted by atomic mass is 10.1. The molecule has 1 amide bonds. The topological polar surface area (TPSA) is 87.6 Å². The summed E-state index contributed by atoms with van der Waals surface area (Å²) in [6.45, 7) is 5.17. The number of amides is 1. The molecule has 1 aliphatic heterocycles. The third kappa shape index (κ3) is 4.12. The van der Waals surface area contributed by atoms with Crippen LogP contribution in [0.15, 0.2) is 53.0 Å². The smallest absolute Gasteiger partial charge is 0.264 e. The number of carbonyl (C=O) groups excluding carboxylic acids is 1. The molecule has 0 saturated heterocycles. The lowest BCUT2D eigenvalue weighted by molar-refractivity contribution is -0.114.